The molecule has 0 aromatic heterocycles. The Hall–Kier alpha value is -2.17. The molecule has 1 rings (SSSR count). The third-order valence-corrected chi connectivity index (χ3v) is 3.73. The molecule has 132 valence electrons. The molecule has 0 aliphatic heterocycles. The molecule has 0 spiro atoms. The molecule has 0 radical (unpaired) electrons. The van der Waals surface area contributed by atoms with Gasteiger partial charge in [-0.15, -0.1) is 0 Å². The number of ether oxygens (including phenoxy) is 1. The van der Waals surface area contributed by atoms with Crippen molar-refractivity contribution in [1.82, 2.24) is 0 Å². The van der Waals surface area contributed by atoms with Gasteiger partial charge in [0.05, 0.1) is 6.61 Å². The quantitative estimate of drug-likeness (QED) is 0.272. The summed E-state index contributed by atoms with van der Waals surface area (Å²) < 4.78 is 4.83. The van der Waals surface area contributed by atoms with Gasteiger partial charge in [0, 0.05) is 18.4 Å². The van der Waals surface area contributed by atoms with Crippen molar-refractivity contribution in [3.63, 3.8) is 0 Å². The molecule has 5 heteroatoms. The second-order valence-electron chi connectivity index (χ2n) is 5.83. The average Bonchev–Trinajstić information content (AvgIpc) is 2.54. The normalized spacial score (nSPS) is 10.4. The first-order valence-corrected chi connectivity index (χ1v) is 8.52. The maximum atomic E-state index is 12.1. The SMILES string of the molecule is CCCCCCCC(=O)c1ccc(CCOC(=O)CC(=O)O)cc1. The van der Waals surface area contributed by atoms with Crippen LogP contribution in [0.3, 0.4) is 0 Å². The molecule has 1 N–H and O–H groups in total. The van der Waals surface area contributed by atoms with Crippen LogP contribution in [0, 0.1) is 0 Å². The van der Waals surface area contributed by atoms with Crippen LogP contribution in [0.25, 0.3) is 0 Å². The van der Waals surface area contributed by atoms with Gasteiger partial charge in [-0.25, -0.2) is 0 Å². The summed E-state index contributed by atoms with van der Waals surface area (Å²) >= 11 is 0. The van der Waals surface area contributed by atoms with E-state index in [0.29, 0.717) is 18.4 Å². The lowest BCUT2D eigenvalue weighted by Gasteiger charge is -2.05. The zero-order valence-electron chi connectivity index (χ0n) is 14.3. The maximum Gasteiger partial charge on any atom is 0.317 e. The van der Waals surface area contributed by atoms with E-state index in [2.05, 4.69) is 6.92 Å². The van der Waals surface area contributed by atoms with Gasteiger partial charge >= 0.3 is 11.9 Å². The number of hydrogen-bond acceptors (Lipinski definition) is 4. The van der Waals surface area contributed by atoms with E-state index in [-0.39, 0.29) is 12.4 Å². The monoisotopic (exact) mass is 334 g/mol. The Morgan fingerprint density at radius 2 is 1.67 bits per heavy atom. The number of rotatable bonds is 12. The van der Waals surface area contributed by atoms with E-state index in [0.717, 1.165) is 18.4 Å². The summed E-state index contributed by atoms with van der Waals surface area (Å²) in [6.45, 7) is 2.30. The van der Waals surface area contributed by atoms with Gasteiger partial charge in [0.15, 0.2) is 5.78 Å². The van der Waals surface area contributed by atoms with E-state index in [1.165, 1.54) is 19.3 Å². The maximum absolute atomic E-state index is 12.1. The minimum atomic E-state index is -1.20. The number of hydrogen-bond donors (Lipinski definition) is 1. The number of Topliss-reactive ketones (excluding diaryl/α,β-unsaturated/α-hetero) is 1. The van der Waals surface area contributed by atoms with Crippen LogP contribution in [0.2, 0.25) is 0 Å². The first-order valence-electron chi connectivity index (χ1n) is 8.52. The Bertz CT molecular complexity index is 533. The first-order chi connectivity index (χ1) is 11.5. The van der Waals surface area contributed by atoms with Gasteiger partial charge in [-0.05, 0) is 12.0 Å². The van der Waals surface area contributed by atoms with E-state index in [4.69, 9.17) is 9.84 Å². The van der Waals surface area contributed by atoms with E-state index in [1.54, 1.807) is 12.1 Å². The van der Waals surface area contributed by atoms with Crippen molar-refractivity contribution in [2.24, 2.45) is 0 Å². The van der Waals surface area contributed by atoms with Crippen molar-refractivity contribution in [3.8, 4) is 0 Å². The van der Waals surface area contributed by atoms with E-state index in [9.17, 15) is 14.4 Å². The lowest BCUT2D eigenvalue weighted by Crippen LogP contribution is -2.12. The largest absolute Gasteiger partial charge is 0.481 e. The Labute approximate surface area is 143 Å². The highest BCUT2D eigenvalue weighted by molar-refractivity contribution is 5.96. The third kappa shape index (κ3) is 8.46. The van der Waals surface area contributed by atoms with Crippen LogP contribution in [-0.4, -0.2) is 29.4 Å². The summed E-state index contributed by atoms with van der Waals surface area (Å²) in [7, 11) is 0. The van der Waals surface area contributed by atoms with Crippen molar-refractivity contribution in [2.75, 3.05) is 6.61 Å². The van der Waals surface area contributed by atoms with Crippen molar-refractivity contribution in [2.45, 2.75) is 58.3 Å². The number of unbranched alkanes of at least 4 members (excludes halogenated alkanes) is 4. The Morgan fingerprint density at radius 1 is 1.00 bits per heavy atom. The van der Waals surface area contributed by atoms with Crippen LogP contribution in [-0.2, 0) is 20.7 Å². The summed E-state index contributed by atoms with van der Waals surface area (Å²) in [6.07, 6.45) is 6.09. The molecule has 0 saturated heterocycles. The summed E-state index contributed by atoms with van der Waals surface area (Å²) in [5.74, 6) is -1.78. The minimum Gasteiger partial charge on any atom is -0.481 e. The zero-order chi connectivity index (χ0) is 17.8. The Balaban J connectivity index is 2.30. The summed E-state index contributed by atoms with van der Waals surface area (Å²) in [6, 6.07) is 7.27. The van der Waals surface area contributed by atoms with E-state index >= 15 is 0 Å². The van der Waals surface area contributed by atoms with Crippen LogP contribution < -0.4 is 0 Å². The average molecular weight is 334 g/mol. The predicted octanol–water partition coefficient (Wildman–Crippen LogP) is 3.79. The van der Waals surface area contributed by atoms with E-state index in [1.807, 2.05) is 12.1 Å². The number of carboxylic acids is 1. The lowest BCUT2D eigenvalue weighted by molar-refractivity contribution is -0.151. The number of benzene rings is 1. The summed E-state index contributed by atoms with van der Waals surface area (Å²) in [5.41, 5.74) is 1.65. The fourth-order valence-corrected chi connectivity index (χ4v) is 2.35. The second kappa shape index (κ2) is 11.4. The first kappa shape index (κ1) is 19.9. The van der Waals surface area contributed by atoms with Gasteiger partial charge in [-0.2, -0.15) is 0 Å². The van der Waals surface area contributed by atoms with Crippen molar-refractivity contribution in [1.29, 1.82) is 0 Å². The molecule has 0 aliphatic rings. The fourth-order valence-electron chi connectivity index (χ4n) is 2.35. The molecule has 1 aromatic carbocycles. The molecule has 0 bridgehead atoms. The Kier molecular flexibility index (Phi) is 9.42. The molecular weight excluding hydrogens is 308 g/mol. The molecule has 0 saturated carbocycles. The smallest absolute Gasteiger partial charge is 0.317 e. The van der Waals surface area contributed by atoms with Crippen molar-refractivity contribution < 1.29 is 24.2 Å². The molecular formula is C19H26O5. The molecule has 0 atom stereocenters. The minimum absolute atomic E-state index is 0.136. The number of aliphatic carboxylic acids is 1. The Morgan fingerprint density at radius 3 is 2.29 bits per heavy atom. The molecule has 0 amide bonds. The van der Waals surface area contributed by atoms with Crippen LogP contribution in [0.1, 0.15) is 67.8 Å². The second-order valence-corrected chi connectivity index (χ2v) is 5.83. The number of ketones is 1. The number of carboxylic acid groups (broad SMARTS) is 1. The molecule has 0 unspecified atom stereocenters. The lowest BCUT2D eigenvalue weighted by atomic mass is 10.0. The highest BCUT2D eigenvalue weighted by atomic mass is 16.5. The van der Waals surface area contributed by atoms with E-state index < -0.39 is 18.4 Å². The standard InChI is InChI=1S/C19H26O5/c1-2-3-4-5-6-7-17(20)16-10-8-15(9-11-16)12-13-24-19(23)14-18(21)22/h8-11H,2-7,12-14H2,1H3,(H,21,22). The molecule has 0 heterocycles. The number of esters is 1. The molecule has 0 aliphatic carbocycles. The fraction of sp³-hybridized carbons (Fsp3) is 0.526. The van der Waals surface area contributed by atoms with Gasteiger partial charge in [0.25, 0.3) is 0 Å². The molecule has 1 aromatic rings. The molecule has 0 fully saturated rings. The van der Waals surface area contributed by atoms with Gasteiger partial charge in [0.2, 0.25) is 0 Å². The highest BCUT2D eigenvalue weighted by Crippen LogP contribution is 2.12. The van der Waals surface area contributed by atoms with Crippen LogP contribution in [0.15, 0.2) is 24.3 Å². The third-order valence-electron chi connectivity index (χ3n) is 3.73. The van der Waals surface area contributed by atoms with Gasteiger partial charge < -0.3 is 9.84 Å². The van der Waals surface area contributed by atoms with Crippen molar-refractivity contribution in [3.05, 3.63) is 35.4 Å². The zero-order valence-corrected chi connectivity index (χ0v) is 14.3. The highest BCUT2D eigenvalue weighted by Gasteiger charge is 2.09. The van der Waals surface area contributed by atoms with Crippen LogP contribution >= 0.6 is 0 Å². The summed E-state index contributed by atoms with van der Waals surface area (Å²) in [4.78, 5) is 33.5. The van der Waals surface area contributed by atoms with Crippen LogP contribution in [0.4, 0.5) is 0 Å². The van der Waals surface area contributed by atoms with Crippen molar-refractivity contribution >= 4 is 17.7 Å². The van der Waals surface area contributed by atoms with Gasteiger partial charge in [-0.3, -0.25) is 14.4 Å². The summed E-state index contributed by atoms with van der Waals surface area (Å²) in [5, 5.41) is 8.45. The topological polar surface area (TPSA) is 80.7 Å². The molecule has 5 nitrogen and oxygen atoms in total. The number of carbonyl (C=O) groups is 3. The van der Waals surface area contributed by atoms with Gasteiger partial charge in [0.1, 0.15) is 6.42 Å². The van der Waals surface area contributed by atoms with Gasteiger partial charge in [-0.1, -0.05) is 56.9 Å². The predicted molar refractivity (Wildman–Crippen MR) is 91.1 cm³/mol. The molecule has 24 heavy (non-hydrogen) atoms. The number of carbonyl (C=O) groups excluding carboxylic acids is 2. The van der Waals surface area contributed by atoms with Crippen LogP contribution in [0.5, 0.6) is 0 Å².